The molecule has 3 aromatic carbocycles. The minimum Gasteiger partial charge on any atom is -0.481 e. The Kier molecular flexibility index (Phi) is 10.7. The summed E-state index contributed by atoms with van der Waals surface area (Å²) in [5.41, 5.74) is 5.01. The maximum absolute atomic E-state index is 13.5. The van der Waals surface area contributed by atoms with E-state index < -0.39 is 0 Å². The normalized spacial score (nSPS) is 13.4. The lowest BCUT2D eigenvalue weighted by Crippen LogP contribution is -2.39. The van der Waals surface area contributed by atoms with Gasteiger partial charge in [-0.3, -0.25) is 10.1 Å². The number of para-hydroxylation sites is 1. The number of rotatable bonds is 10. The molecule has 6 rings (SSSR count). The zero-order chi connectivity index (χ0) is 36.8. The van der Waals surface area contributed by atoms with E-state index in [1.165, 1.54) is 14.2 Å². The number of aryl methyl sites for hydroxylation is 1. The van der Waals surface area contributed by atoms with Crippen LogP contribution in [0.3, 0.4) is 0 Å². The van der Waals surface area contributed by atoms with Gasteiger partial charge in [-0.2, -0.15) is 15.1 Å². The molecule has 3 amide bonds. The molecule has 0 atom stereocenters. The van der Waals surface area contributed by atoms with Crippen molar-refractivity contribution in [2.45, 2.75) is 52.4 Å². The van der Waals surface area contributed by atoms with Crippen molar-refractivity contribution in [3.63, 3.8) is 0 Å². The van der Waals surface area contributed by atoms with Gasteiger partial charge in [0.05, 0.1) is 31.7 Å². The average Bonchev–Trinajstić information content (AvgIpc) is 3.57. The molecule has 270 valence electrons. The van der Waals surface area contributed by atoms with Crippen molar-refractivity contribution in [2.75, 3.05) is 37.9 Å². The Morgan fingerprint density at radius 1 is 0.846 bits per heavy atom. The molecular formula is C40H45N7O5. The number of carbonyl (C=O) groups excluding carboxylic acids is 2. The Morgan fingerprint density at radius 3 is 2.21 bits per heavy atom. The van der Waals surface area contributed by atoms with E-state index >= 15 is 0 Å². The smallest absolute Gasteiger partial charge is 0.328 e. The first-order chi connectivity index (χ1) is 25.0. The number of nitrogens with zero attached hydrogens (tertiary/aromatic N) is 5. The van der Waals surface area contributed by atoms with Crippen LogP contribution in [0.5, 0.6) is 23.5 Å². The SMILES string of the molecule is COc1cc(OC)nc(Oc2cccc(C(=O)N3CCC(Cc4ccccc4NC(=O)Nc4cc(C(C)(C)C)nn4-c4ccc(C)cc4)CC3)c2)n1. The van der Waals surface area contributed by atoms with E-state index in [9.17, 15) is 9.59 Å². The van der Waals surface area contributed by atoms with Crippen LogP contribution in [0.15, 0.2) is 84.9 Å². The molecule has 0 unspecified atom stereocenters. The lowest BCUT2D eigenvalue weighted by atomic mass is 9.89. The van der Waals surface area contributed by atoms with Gasteiger partial charge in [0.25, 0.3) is 5.91 Å². The topological polar surface area (TPSA) is 133 Å². The molecule has 1 saturated heterocycles. The van der Waals surface area contributed by atoms with Gasteiger partial charge >= 0.3 is 12.0 Å². The molecule has 1 aliphatic rings. The van der Waals surface area contributed by atoms with E-state index in [4.69, 9.17) is 19.3 Å². The third-order valence-corrected chi connectivity index (χ3v) is 9.04. The molecule has 3 heterocycles. The number of piperidine rings is 1. The van der Waals surface area contributed by atoms with Gasteiger partial charge in [0.2, 0.25) is 11.8 Å². The fourth-order valence-electron chi connectivity index (χ4n) is 6.08. The quantitative estimate of drug-likeness (QED) is 0.151. The van der Waals surface area contributed by atoms with Crippen LogP contribution in [-0.2, 0) is 11.8 Å². The highest BCUT2D eigenvalue weighted by Gasteiger charge is 2.26. The van der Waals surface area contributed by atoms with E-state index in [1.54, 1.807) is 35.0 Å². The summed E-state index contributed by atoms with van der Waals surface area (Å²) in [4.78, 5) is 37.2. The number of anilines is 2. The first-order valence-electron chi connectivity index (χ1n) is 17.4. The zero-order valence-corrected chi connectivity index (χ0v) is 30.5. The molecular weight excluding hydrogens is 658 g/mol. The number of urea groups is 1. The van der Waals surface area contributed by atoms with Crippen molar-refractivity contribution < 1.29 is 23.8 Å². The predicted molar refractivity (Wildman–Crippen MR) is 200 cm³/mol. The van der Waals surface area contributed by atoms with Crippen molar-refractivity contribution >= 4 is 23.4 Å². The highest BCUT2D eigenvalue weighted by atomic mass is 16.5. The Bertz CT molecular complexity index is 2010. The number of nitrogens with one attached hydrogen (secondary N) is 2. The predicted octanol–water partition coefficient (Wildman–Crippen LogP) is 7.82. The van der Waals surface area contributed by atoms with Crippen LogP contribution >= 0.6 is 0 Å². The number of carbonyl (C=O) groups is 2. The van der Waals surface area contributed by atoms with E-state index in [0.29, 0.717) is 47.9 Å². The third kappa shape index (κ3) is 8.68. The summed E-state index contributed by atoms with van der Waals surface area (Å²) < 4.78 is 18.0. The number of ether oxygens (including phenoxy) is 3. The molecule has 1 fully saturated rings. The van der Waals surface area contributed by atoms with Gasteiger partial charge in [-0.25, -0.2) is 9.48 Å². The van der Waals surface area contributed by atoms with Crippen molar-refractivity contribution in [3.05, 3.63) is 107 Å². The molecule has 0 radical (unpaired) electrons. The summed E-state index contributed by atoms with van der Waals surface area (Å²) in [6.45, 7) is 9.58. The summed E-state index contributed by atoms with van der Waals surface area (Å²) >= 11 is 0. The van der Waals surface area contributed by atoms with Crippen LogP contribution in [0.2, 0.25) is 0 Å². The van der Waals surface area contributed by atoms with Crippen LogP contribution in [0.25, 0.3) is 5.69 Å². The maximum Gasteiger partial charge on any atom is 0.328 e. The van der Waals surface area contributed by atoms with E-state index in [0.717, 1.165) is 47.5 Å². The van der Waals surface area contributed by atoms with E-state index in [1.807, 2.05) is 60.4 Å². The number of hydrogen-bond donors (Lipinski definition) is 2. The third-order valence-electron chi connectivity index (χ3n) is 9.04. The number of likely N-dealkylation sites (tertiary alicyclic amines) is 1. The Balaban J connectivity index is 1.07. The van der Waals surface area contributed by atoms with Crippen LogP contribution in [0.1, 0.15) is 60.8 Å². The van der Waals surface area contributed by atoms with Crippen molar-refractivity contribution in [1.82, 2.24) is 24.6 Å². The maximum atomic E-state index is 13.5. The van der Waals surface area contributed by atoms with Gasteiger partial charge in [-0.05, 0) is 74.1 Å². The lowest BCUT2D eigenvalue weighted by Gasteiger charge is -2.32. The number of hydrogen-bond acceptors (Lipinski definition) is 8. The van der Waals surface area contributed by atoms with Crippen molar-refractivity contribution in [2.24, 2.45) is 5.92 Å². The van der Waals surface area contributed by atoms with Gasteiger partial charge in [-0.1, -0.05) is 62.7 Å². The second-order valence-electron chi connectivity index (χ2n) is 14.0. The Morgan fingerprint density at radius 2 is 1.54 bits per heavy atom. The Hall–Kier alpha value is -5.91. The molecule has 2 N–H and O–H groups in total. The van der Waals surface area contributed by atoms with Gasteiger partial charge < -0.3 is 24.4 Å². The molecule has 52 heavy (non-hydrogen) atoms. The molecule has 2 aromatic heterocycles. The summed E-state index contributed by atoms with van der Waals surface area (Å²) in [5.74, 6) is 1.91. The lowest BCUT2D eigenvalue weighted by molar-refractivity contribution is 0.0690. The molecule has 0 aliphatic carbocycles. The summed E-state index contributed by atoms with van der Waals surface area (Å²) in [6.07, 6.45) is 2.46. The van der Waals surface area contributed by atoms with Gasteiger partial charge in [0, 0.05) is 35.8 Å². The van der Waals surface area contributed by atoms with Crippen molar-refractivity contribution in [3.8, 4) is 29.2 Å². The molecule has 1 aliphatic heterocycles. The van der Waals surface area contributed by atoms with Crippen LogP contribution in [0, 0.1) is 12.8 Å². The molecule has 0 spiro atoms. The summed E-state index contributed by atoms with van der Waals surface area (Å²) in [7, 11) is 2.99. The number of aromatic nitrogens is 4. The highest BCUT2D eigenvalue weighted by molar-refractivity contribution is 6.00. The minimum absolute atomic E-state index is 0.0531. The average molecular weight is 704 g/mol. The summed E-state index contributed by atoms with van der Waals surface area (Å²) in [5, 5.41) is 10.9. The first-order valence-corrected chi connectivity index (χ1v) is 17.4. The second-order valence-corrected chi connectivity index (χ2v) is 14.0. The highest BCUT2D eigenvalue weighted by Crippen LogP contribution is 2.30. The molecule has 5 aromatic rings. The van der Waals surface area contributed by atoms with Crippen LogP contribution < -0.4 is 24.8 Å². The van der Waals surface area contributed by atoms with E-state index in [2.05, 4.69) is 47.4 Å². The minimum atomic E-state index is -0.343. The number of amides is 3. The summed E-state index contributed by atoms with van der Waals surface area (Å²) in [6, 6.07) is 26.1. The van der Waals surface area contributed by atoms with Crippen LogP contribution in [-0.4, -0.2) is 63.9 Å². The van der Waals surface area contributed by atoms with Crippen molar-refractivity contribution in [1.29, 1.82) is 0 Å². The fraction of sp³-hybridized carbons (Fsp3) is 0.325. The molecule has 0 bridgehead atoms. The molecule has 12 heteroatoms. The van der Waals surface area contributed by atoms with Gasteiger partial charge in [-0.15, -0.1) is 0 Å². The largest absolute Gasteiger partial charge is 0.481 e. The Labute approximate surface area is 304 Å². The molecule has 12 nitrogen and oxygen atoms in total. The molecule has 0 saturated carbocycles. The van der Waals surface area contributed by atoms with Gasteiger partial charge in [0.15, 0.2) is 0 Å². The fourth-order valence-corrected chi connectivity index (χ4v) is 6.08. The standard InChI is InChI=1S/C40H45N7O5/c1-26-14-16-30(17-15-26)47-34(24-33(45-47)40(2,3)4)42-38(49)41-32-13-8-7-10-28(32)22-27-18-20-46(21-19-27)37(48)29-11-9-12-31(23-29)52-39-43-35(50-5)25-36(44-39)51-6/h7-17,23-25,27H,18-22H2,1-6H3,(H2,41,42,49). The zero-order valence-electron chi connectivity index (χ0n) is 30.5. The van der Waals surface area contributed by atoms with Gasteiger partial charge in [0.1, 0.15) is 11.6 Å². The first kappa shape index (κ1) is 35.9. The van der Waals surface area contributed by atoms with Crippen LogP contribution in [0.4, 0.5) is 16.3 Å². The van der Waals surface area contributed by atoms with E-state index in [-0.39, 0.29) is 23.4 Å². The number of methoxy groups -OCH3 is 2. The monoisotopic (exact) mass is 703 g/mol. The number of benzene rings is 3. The second kappa shape index (κ2) is 15.5.